The predicted molar refractivity (Wildman–Crippen MR) is 91.3 cm³/mol. The number of piperidine rings is 1. The summed E-state index contributed by atoms with van der Waals surface area (Å²) in [6.45, 7) is 4.48. The van der Waals surface area contributed by atoms with Gasteiger partial charge in [0.15, 0.2) is 0 Å². The molecule has 23 heavy (non-hydrogen) atoms. The molecule has 2 aliphatic heterocycles. The van der Waals surface area contributed by atoms with Gasteiger partial charge in [-0.15, -0.1) is 0 Å². The fourth-order valence-corrected chi connectivity index (χ4v) is 5.33. The van der Waals surface area contributed by atoms with Crippen molar-refractivity contribution < 1.29 is 13.2 Å². The molecule has 2 heterocycles. The fraction of sp³-hybridized carbons (Fsp3) is 0.647. The molecule has 0 radical (unpaired) electrons. The van der Waals surface area contributed by atoms with E-state index in [-0.39, 0.29) is 6.04 Å². The van der Waals surface area contributed by atoms with Crippen molar-refractivity contribution in [3.05, 3.63) is 29.3 Å². The molecule has 2 atom stereocenters. The summed E-state index contributed by atoms with van der Waals surface area (Å²) in [7, 11) is -1.45. The van der Waals surface area contributed by atoms with Crippen LogP contribution in [0.15, 0.2) is 18.2 Å². The molecule has 0 aromatic heterocycles. The molecule has 2 aliphatic rings. The van der Waals surface area contributed by atoms with E-state index in [9.17, 15) is 8.42 Å². The molecule has 0 bridgehead atoms. The number of nitrogens with zero attached hydrogens (tertiary/aromatic N) is 2. The average Bonchev–Trinajstić information content (AvgIpc) is 2.53. The van der Waals surface area contributed by atoms with Gasteiger partial charge in [-0.1, -0.05) is 13.0 Å². The van der Waals surface area contributed by atoms with Gasteiger partial charge in [-0.3, -0.25) is 4.90 Å². The Hall–Kier alpha value is -1.11. The SMILES string of the molecule is CCN(C1CCN2CCc3cc(OC)ccc3C2C1)S(C)(=O)=O. The molecule has 5 nitrogen and oxygen atoms in total. The molecule has 0 spiro atoms. The van der Waals surface area contributed by atoms with Crippen LogP contribution in [0.1, 0.15) is 36.9 Å². The Morgan fingerprint density at radius 1 is 1.35 bits per heavy atom. The molecule has 1 saturated heterocycles. The summed E-state index contributed by atoms with van der Waals surface area (Å²) in [6.07, 6.45) is 4.16. The second-order valence-electron chi connectivity index (χ2n) is 6.51. The number of rotatable bonds is 4. The zero-order chi connectivity index (χ0) is 16.6. The molecule has 0 saturated carbocycles. The van der Waals surface area contributed by atoms with Crippen molar-refractivity contribution in [3.63, 3.8) is 0 Å². The van der Waals surface area contributed by atoms with Gasteiger partial charge in [0.2, 0.25) is 10.0 Å². The Bertz CT molecular complexity index is 674. The number of ether oxygens (including phenoxy) is 1. The van der Waals surface area contributed by atoms with Crippen molar-refractivity contribution in [1.29, 1.82) is 0 Å². The smallest absolute Gasteiger partial charge is 0.211 e. The number of sulfonamides is 1. The van der Waals surface area contributed by atoms with Crippen LogP contribution in [0.5, 0.6) is 5.75 Å². The van der Waals surface area contributed by atoms with Crippen molar-refractivity contribution >= 4 is 10.0 Å². The van der Waals surface area contributed by atoms with Crippen molar-refractivity contribution in [2.75, 3.05) is 33.0 Å². The zero-order valence-electron chi connectivity index (χ0n) is 14.2. The summed E-state index contributed by atoms with van der Waals surface area (Å²) in [5.74, 6) is 0.899. The lowest BCUT2D eigenvalue weighted by Crippen LogP contribution is -2.49. The second kappa shape index (κ2) is 6.42. The first-order valence-corrected chi connectivity index (χ1v) is 10.2. The van der Waals surface area contributed by atoms with Crippen molar-refractivity contribution in [2.45, 2.75) is 38.3 Å². The van der Waals surface area contributed by atoms with Gasteiger partial charge in [-0.05, 0) is 42.5 Å². The highest BCUT2D eigenvalue weighted by Crippen LogP contribution is 2.39. The standard InChI is InChI=1S/C17H26N2O3S/c1-4-19(23(3,20)21)14-8-10-18-9-7-13-11-15(22-2)5-6-16(13)17(18)12-14/h5-6,11,14,17H,4,7-10,12H2,1-3H3. The van der Waals surface area contributed by atoms with Gasteiger partial charge in [0.05, 0.1) is 13.4 Å². The van der Waals surface area contributed by atoms with E-state index in [0.717, 1.165) is 38.1 Å². The Morgan fingerprint density at radius 3 is 2.78 bits per heavy atom. The first kappa shape index (κ1) is 16.7. The Balaban J connectivity index is 1.87. The minimum Gasteiger partial charge on any atom is -0.497 e. The van der Waals surface area contributed by atoms with Crippen LogP contribution in [0.25, 0.3) is 0 Å². The van der Waals surface area contributed by atoms with Gasteiger partial charge in [0, 0.05) is 31.7 Å². The number of fused-ring (bicyclic) bond motifs is 3. The summed E-state index contributed by atoms with van der Waals surface area (Å²) < 4.78 is 31.1. The zero-order valence-corrected chi connectivity index (χ0v) is 15.0. The quantitative estimate of drug-likeness (QED) is 0.843. The van der Waals surface area contributed by atoms with E-state index in [0.29, 0.717) is 12.6 Å². The number of benzene rings is 1. The highest BCUT2D eigenvalue weighted by molar-refractivity contribution is 7.88. The summed E-state index contributed by atoms with van der Waals surface area (Å²) >= 11 is 0. The van der Waals surface area contributed by atoms with Crippen LogP contribution in [-0.2, 0) is 16.4 Å². The molecule has 128 valence electrons. The molecule has 0 aliphatic carbocycles. The normalized spacial score (nSPS) is 25.0. The van der Waals surface area contributed by atoms with E-state index in [1.54, 1.807) is 11.4 Å². The van der Waals surface area contributed by atoms with Gasteiger partial charge >= 0.3 is 0 Å². The Kier molecular flexibility index (Phi) is 4.67. The number of methoxy groups -OCH3 is 1. The lowest BCUT2D eigenvalue weighted by molar-refractivity contribution is 0.0921. The highest BCUT2D eigenvalue weighted by Gasteiger charge is 2.37. The first-order chi connectivity index (χ1) is 10.9. The molecule has 1 aromatic carbocycles. The van der Waals surface area contributed by atoms with Crippen LogP contribution in [0.4, 0.5) is 0 Å². The first-order valence-electron chi connectivity index (χ1n) is 8.31. The van der Waals surface area contributed by atoms with E-state index in [1.165, 1.54) is 17.4 Å². The van der Waals surface area contributed by atoms with E-state index in [1.807, 2.05) is 13.0 Å². The lowest BCUT2D eigenvalue weighted by Gasteiger charge is -2.45. The van der Waals surface area contributed by atoms with Gasteiger partial charge < -0.3 is 4.74 Å². The number of hydrogen-bond acceptors (Lipinski definition) is 4. The monoisotopic (exact) mass is 338 g/mol. The van der Waals surface area contributed by atoms with E-state index >= 15 is 0 Å². The van der Waals surface area contributed by atoms with Gasteiger partial charge in [0.1, 0.15) is 5.75 Å². The minimum absolute atomic E-state index is 0.101. The maximum Gasteiger partial charge on any atom is 0.211 e. The molecular formula is C17H26N2O3S. The summed E-state index contributed by atoms with van der Waals surface area (Å²) in [4.78, 5) is 2.50. The van der Waals surface area contributed by atoms with Gasteiger partial charge in [-0.25, -0.2) is 8.42 Å². The third kappa shape index (κ3) is 3.25. The van der Waals surface area contributed by atoms with Crippen LogP contribution in [0.3, 0.4) is 0 Å². The summed E-state index contributed by atoms with van der Waals surface area (Å²) in [5, 5.41) is 0. The van der Waals surface area contributed by atoms with E-state index in [2.05, 4.69) is 17.0 Å². The van der Waals surface area contributed by atoms with Crippen LogP contribution in [0, 0.1) is 0 Å². The largest absolute Gasteiger partial charge is 0.497 e. The van der Waals surface area contributed by atoms with E-state index < -0.39 is 10.0 Å². The van der Waals surface area contributed by atoms with Crippen LogP contribution >= 0.6 is 0 Å². The molecule has 6 heteroatoms. The maximum absolute atomic E-state index is 12.0. The Morgan fingerprint density at radius 2 is 2.13 bits per heavy atom. The molecule has 0 N–H and O–H groups in total. The minimum atomic E-state index is -3.15. The topological polar surface area (TPSA) is 49.9 Å². The predicted octanol–water partition coefficient (Wildman–Crippen LogP) is 2.04. The van der Waals surface area contributed by atoms with Crippen molar-refractivity contribution in [2.24, 2.45) is 0 Å². The highest BCUT2D eigenvalue weighted by atomic mass is 32.2. The van der Waals surface area contributed by atoms with Gasteiger partial charge in [0.25, 0.3) is 0 Å². The van der Waals surface area contributed by atoms with Gasteiger partial charge in [-0.2, -0.15) is 4.31 Å². The lowest BCUT2D eigenvalue weighted by atomic mass is 9.85. The van der Waals surface area contributed by atoms with Crippen LogP contribution < -0.4 is 4.74 Å². The van der Waals surface area contributed by atoms with E-state index in [4.69, 9.17) is 4.74 Å². The molecule has 1 fully saturated rings. The maximum atomic E-state index is 12.0. The molecule has 1 aromatic rings. The third-order valence-electron chi connectivity index (χ3n) is 5.21. The summed E-state index contributed by atoms with van der Waals surface area (Å²) in [6, 6.07) is 6.72. The van der Waals surface area contributed by atoms with Crippen molar-refractivity contribution in [1.82, 2.24) is 9.21 Å². The molecule has 2 unspecified atom stereocenters. The summed E-state index contributed by atoms with van der Waals surface area (Å²) in [5.41, 5.74) is 2.68. The Labute approximate surface area is 139 Å². The van der Waals surface area contributed by atoms with Crippen molar-refractivity contribution in [3.8, 4) is 5.75 Å². The molecular weight excluding hydrogens is 312 g/mol. The third-order valence-corrected chi connectivity index (χ3v) is 6.62. The molecule has 3 rings (SSSR count). The average molecular weight is 338 g/mol. The van der Waals surface area contributed by atoms with Crippen LogP contribution in [-0.4, -0.2) is 56.7 Å². The fourth-order valence-electron chi connectivity index (χ4n) is 4.13. The second-order valence-corrected chi connectivity index (χ2v) is 8.45. The van der Waals surface area contributed by atoms with Crippen LogP contribution in [0.2, 0.25) is 0 Å². The molecule has 0 amide bonds. The number of hydrogen-bond donors (Lipinski definition) is 0.